The molecule has 0 aliphatic rings. The number of hydrogen-bond donors (Lipinski definition) is 2. The summed E-state index contributed by atoms with van der Waals surface area (Å²) in [4.78, 5) is 32.3. The van der Waals surface area contributed by atoms with Crippen LogP contribution >= 0.6 is 11.3 Å². The number of carbonyl (C=O) groups is 1. The van der Waals surface area contributed by atoms with Crippen LogP contribution in [0.4, 0.5) is 5.13 Å². The fraction of sp³-hybridized carbons (Fsp3) is 0.316. The number of nitrogens with one attached hydrogen (secondary N) is 2. The fourth-order valence-electron chi connectivity index (χ4n) is 2.38. The number of ether oxygens (including phenoxy) is 1. The molecule has 0 saturated heterocycles. The average molecular weight is 371 g/mol. The van der Waals surface area contributed by atoms with Crippen LogP contribution in [0.2, 0.25) is 0 Å². The highest BCUT2D eigenvalue weighted by molar-refractivity contribution is 7.14. The molecule has 0 spiro atoms. The van der Waals surface area contributed by atoms with Crippen molar-refractivity contribution in [2.45, 2.75) is 27.2 Å². The standard InChI is InChI=1S/C19H21N3O3S/c1-5-19(2,3)17(24)22-18-21-15(10-26-18)14-9-16(23)12-7-6-11(25-4)8-13(12)20-14/h6-10H,5H2,1-4H3,(H,20,23)(H,21,22,24). The first-order valence-electron chi connectivity index (χ1n) is 8.32. The molecular formula is C19H21N3O3S. The van der Waals surface area contributed by atoms with Crippen LogP contribution in [0.1, 0.15) is 27.2 Å². The van der Waals surface area contributed by atoms with Crippen molar-refractivity contribution in [3.05, 3.63) is 39.9 Å². The molecule has 0 fully saturated rings. The van der Waals surface area contributed by atoms with Crippen LogP contribution < -0.4 is 15.5 Å². The Bertz CT molecular complexity index is 1020. The van der Waals surface area contributed by atoms with Gasteiger partial charge in [0.1, 0.15) is 5.75 Å². The third-order valence-electron chi connectivity index (χ3n) is 4.54. The van der Waals surface area contributed by atoms with Crippen molar-refractivity contribution < 1.29 is 9.53 Å². The minimum Gasteiger partial charge on any atom is -0.497 e. The van der Waals surface area contributed by atoms with Gasteiger partial charge < -0.3 is 15.0 Å². The number of nitrogens with zero attached hydrogens (tertiary/aromatic N) is 1. The smallest absolute Gasteiger partial charge is 0.231 e. The molecule has 2 N–H and O–H groups in total. The van der Waals surface area contributed by atoms with E-state index < -0.39 is 5.41 Å². The van der Waals surface area contributed by atoms with Gasteiger partial charge in [0.15, 0.2) is 10.6 Å². The normalized spacial score (nSPS) is 11.5. The molecular weight excluding hydrogens is 350 g/mol. The molecule has 2 heterocycles. The number of benzene rings is 1. The summed E-state index contributed by atoms with van der Waals surface area (Å²) >= 11 is 1.33. The highest BCUT2D eigenvalue weighted by Gasteiger charge is 2.26. The molecule has 3 aromatic rings. The molecule has 0 atom stereocenters. The molecule has 2 aromatic heterocycles. The maximum absolute atomic E-state index is 12.4. The Hall–Kier alpha value is -2.67. The van der Waals surface area contributed by atoms with Crippen LogP contribution in [0.3, 0.4) is 0 Å². The zero-order valence-corrected chi connectivity index (χ0v) is 16.0. The number of H-pyrrole nitrogens is 1. The van der Waals surface area contributed by atoms with E-state index in [0.717, 1.165) is 6.42 Å². The summed E-state index contributed by atoms with van der Waals surface area (Å²) in [5.41, 5.74) is 1.34. The lowest BCUT2D eigenvalue weighted by molar-refractivity contribution is -0.124. The van der Waals surface area contributed by atoms with E-state index in [2.05, 4.69) is 15.3 Å². The van der Waals surface area contributed by atoms with Crippen LogP contribution in [0, 0.1) is 5.41 Å². The molecule has 0 radical (unpaired) electrons. The van der Waals surface area contributed by atoms with Crippen LogP contribution in [0.15, 0.2) is 34.4 Å². The SMILES string of the molecule is CCC(C)(C)C(=O)Nc1nc(-c2cc(=O)c3ccc(OC)cc3[nH]2)cs1. The topological polar surface area (TPSA) is 84.1 Å². The second-order valence-electron chi connectivity index (χ2n) is 6.69. The van der Waals surface area contributed by atoms with Crippen molar-refractivity contribution in [2.24, 2.45) is 5.41 Å². The number of rotatable bonds is 5. The molecule has 0 aliphatic heterocycles. The second-order valence-corrected chi connectivity index (χ2v) is 7.55. The van der Waals surface area contributed by atoms with Gasteiger partial charge >= 0.3 is 0 Å². The number of aromatic amines is 1. The Morgan fingerprint density at radius 1 is 1.35 bits per heavy atom. The molecule has 0 bridgehead atoms. The van der Waals surface area contributed by atoms with E-state index in [4.69, 9.17) is 4.74 Å². The third-order valence-corrected chi connectivity index (χ3v) is 5.29. The van der Waals surface area contributed by atoms with Gasteiger partial charge in [0.05, 0.1) is 24.0 Å². The van der Waals surface area contributed by atoms with Crippen molar-refractivity contribution in [1.29, 1.82) is 0 Å². The molecule has 1 aromatic carbocycles. The van der Waals surface area contributed by atoms with Gasteiger partial charge in [-0.1, -0.05) is 20.8 Å². The van der Waals surface area contributed by atoms with Crippen LogP contribution in [0.25, 0.3) is 22.3 Å². The van der Waals surface area contributed by atoms with E-state index in [1.807, 2.05) is 26.2 Å². The van der Waals surface area contributed by atoms with Gasteiger partial charge in [0.25, 0.3) is 0 Å². The monoisotopic (exact) mass is 371 g/mol. The van der Waals surface area contributed by atoms with Crippen molar-refractivity contribution in [2.75, 3.05) is 12.4 Å². The van der Waals surface area contributed by atoms with Gasteiger partial charge in [-0.2, -0.15) is 0 Å². The molecule has 0 aliphatic carbocycles. The Labute approximate surface area is 155 Å². The minimum atomic E-state index is -0.459. The first-order valence-corrected chi connectivity index (χ1v) is 9.20. The minimum absolute atomic E-state index is 0.0716. The summed E-state index contributed by atoms with van der Waals surface area (Å²) in [7, 11) is 1.58. The van der Waals surface area contributed by atoms with E-state index in [0.29, 0.717) is 33.2 Å². The molecule has 6 nitrogen and oxygen atoms in total. The molecule has 1 amide bonds. The highest BCUT2D eigenvalue weighted by Crippen LogP contribution is 2.27. The summed E-state index contributed by atoms with van der Waals surface area (Å²) in [5, 5.41) is 5.76. The number of fused-ring (bicyclic) bond motifs is 1. The van der Waals surface area contributed by atoms with E-state index in [1.54, 1.807) is 25.3 Å². The summed E-state index contributed by atoms with van der Waals surface area (Å²) in [6.45, 7) is 5.76. The Morgan fingerprint density at radius 2 is 2.12 bits per heavy atom. The van der Waals surface area contributed by atoms with Crippen molar-refractivity contribution in [3.63, 3.8) is 0 Å². The molecule has 7 heteroatoms. The van der Waals surface area contributed by atoms with Gasteiger partial charge in [0, 0.05) is 28.3 Å². The summed E-state index contributed by atoms with van der Waals surface area (Å²) < 4.78 is 5.21. The number of methoxy groups -OCH3 is 1. The van der Waals surface area contributed by atoms with E-state index >= 15 is 0 Å². The maximum Gasteiger partial charge on any atom is 0.231 e. The van der Waals surface area contributed by atoms with E-state index in [1.165, 1.54) is 17.4 Å². The zero-order chi connectivity index (χ0) is 18.9. The molecule has 0 saturated carbocycles. The van der Waals surface area contributed by atoms with Gasteiger partial charge in [0.2, 0.25) is 5.91 Å². The quantitative estimate of drug-likeness (QED) is 0.709. The molecule has 136 valence electrons. The number of pyridine rings is 1. The first-order chi connectivity index (χ1) is 12.3. The van der Waals surface area contributed by atoms with Crippen molar-refractivity contribution in [1.82, 2.24) is 9.97 Å². The van der Waals surface area contributed by atoms with Gasteiger partial charge in [-0.15, -0.1) is 11.3 Å². The third kappa shape index (κ3) is 3.48. The zero-order valence-electron chi connectivity index (χ0n) is 15.2. The number of aromatic nitrogens is 2. The second kappa shape index (κ2) is 6.92. The predicted octanol–water partition coefficient (Wildman–Crippen LogP) is 4.03. The van der Waals surface area contributed by atoms with E-state index in [9.17, 15) is 9.59 Å². The number of anilines is 1. The van der Waals surface area contributed by atoms with Crippen LogP contribution in [-0.2, 0) is 4.79 Å². The number of thiazole rings is 1. The lowest BCUT2D eigenvalue weighted by atomic mass is 9.89. The Morgan fingerprint density at radius 3 is 2.81 bits per heavy atom. The number of hydrogen-bond acceptors (Lipinski definition) is 5. The lowest BCUT2D eigenvalue weighted by Gasteiger charge is -2.20. The highest BCUT2D eigenvalue weighted by atomic mass is 32.1. The summed E-state index contributed by atoms with van der Waals surface area (Å²) in [6.07, 6.45) is 0.733. The molecule has 0 unspecified atom stereocenters. The van der Waals surface area contributed by atoms with Crippen molar-refractivity contribution in [3.8, 4) is 17.1 Å². The Balaban J connectivity index is 1.94. The molecule has 26 heavy (non-hydrogen) atoms. The maximum atomic E-state index is 12.4. The van der Waals surface area contributed by atoms with Crippen molar-refractivity contribution >= 4 is 33.3 Å². The predicted molar refractivity (Wildman–Crippen MR) is 105 cm³/mol. The Kier molecular flexibility index (Phi) is 4.82. The van der Waals surface area contributed by atoms with Gasteiger partial charge in [-0.05, 0) is 18.6 Å². The number of amides is 1. The lowest BCUT2D eigenvalue weighted by Crippen LogP contribution is -2.29. The largest absolute Gasteiger partial charge is 0.497 e. The first kappa shape index (κ1) is 18.1. The summed E-state index contributed by atoms with van der Waals surface area (Å²) in [5.74, 6) is 0.593. The number of carbonyl (C=O) groups excluding carboxylic acids is 1. The van der Waals surface area contributed by atoms with Gasteiger partial charge in [-0.3, -0.25) is 9.59 Å². The van der Waals surface area contributed by atoms with Crippen LogP contribution in [0.5, 0.6) is 5.75 Å². The average Bonchev–Trinajstić information content (AvgIpc) is 3.09. The fourth-order valence-corrected chi connectivity index (χ4v) is 3.08. The van der Waals surface area contributed by atoms with Crippen LogP contribution in [-0.4, -0.2) is 23.0 Å². The summed E-state index contributed by atoms with van der Waals surface area (Å²) in [6, 6.07) is 6.78. The van der Waals surface area contributed by atoms with Gasteiger partial charge in [-0.25, -0.2) is 4.98 Å². The molecule has 3 rings (SSSR count). The van der Waals surface area contributed by atoms with E-state index in [-0.39, 0.29) is 11.3 Å².